The maximum Gasteiger partial charge on any atom is 0.261 e. The van der Waals surface area contributed by atoms with Gasteiger partial charge in [-0.2, -0.15) is 0 Å². The number of nitrogens with zero attached hydrogens (tertiary/aromatic N) is 1. The van der Waals surface area contributed by atoms with Gasteiger partial charge in [0.05, 0.1) is 7.11 Å². The maximum atomic E-state index is 13.2. The molecule has 2 atom stereocenters. The third kappa shape index (κ3) is 6.89. The second kappa shape index (κ2) is 11.8. The lowest BCUT2D eigenvalue weighted by molar-refractivity contribution is -0.142. The lowest BCUT2D eigenvalue weighted by Gasteiger charge is -2.29. The molecule has 0 saturated carbocycles. The summed E-state index contributed by atoms with van der Waals surface area (Å²) in [5, 5.41) is 3.63. The third-order valence-electron chi connectivity index (χ3n) is 5.43. The summed E-state index contributed by atoms with van der Waals surface area (Å²) in [5.41, 5.74) is 2.62. The van der Waals surface area contributed by atoms with Crippen molar-refractivity contribution in [3.8, 4) is 11.5 Å². The van der Waals surface area contributed by atoms with Crippen LogP contribution in [-0.2, 0) is 16.1 Å². The molecule has 7 heteroatoms. The van der Waals surface area contributed by atoms with Gasteiger partial charge in [0.25, 0.3) is 5.91 Å². The highest BCUT2D eigenvalue weighted by Gasteiger charge is 2.27. The van der Waals surface area contributed by atoms with E-state index >= 15 is 0 Å². The molecule has 0 aliphatic heterocycles. The summed E-state index contributed by atoms with van der Waals surface area (Å²) < 4.78 is 11.1. The molecule has 6 nitrogen and oxygen atoms in total. The Labute approximate surface area is 195 Å². The van der Waals surface area contributed by atoms with E-state index in [1.807, 2.05) is 52.0 Å². The van der Waals surface area contributed by atoms with Crippen LogP contribution in [0, 0.1) is 13.8 Å². The summed E-state index contributed by atoms with van der Waals surface area (Å²) in [7, 11) is 1.59. The second-order valence-electron chi connectivity index (χ2n) is 8.03. The van der Waals surface area contributed by atoms with Crippen molar-refractivity contribution < 1.29 is 19.1 Å². The van der Waals surface area contributed by atoms with E-state index < -0.39 is 6.04 Å². The Morgan fingerprint density at radius 2 is 1.75 bits per heavy atom. The third-order valence-corrected chi connectivity index (χ3v) is 6.02. The molecule has 174 valence electrons. The molecule has 0 spiro atoms. The molecule has 2 rings (SSSR count). The molecule has 0 fully saturated rings. The minimum Gasteiger partial charge on any atom is -0.497 e. The molecule has 0 bridgehead atoms. The minimum atomic E-state index is -0.667. The molecule has 0 aliphatic rings. The topological polar surface area (TPSA) is 67.9 Å². The molecule has 0 saturated heterocycles. The van der Waals surface area contributed by atoms with E-state index in [9.17, 15) is 9.59 Å². The number of nitrogens with one attached hydrogen (secondary N) is 1. The highest BCUT2D eigenvalue weighted by Crippen LogP contribution is 2.26. The summed E-state index contributed by atoms with van der Waals surface area (Å²) in [5.74, 6) is 0.768. The largest absolute Gasteiger partial charge is 0.497 e. The number of rotatable bonds is 10. The Balaban J connectivity index is 2.21. The predicted molar refractivity (Wildman–Crippen MR) is 127 cm³/mol. The Hall–Kier alpha value is -2.73. The van der Waals surface area contributed by atoms with E-state index in [4.69, 9.17) is 21.1 Å². The van der Waals surface area contributed by atoms with E-state index in [1.165, 1.54) is 4.90 Å². The van der Waals surface area contributed by atoms with Crippen LogP contribution in [-0.4, -0.2) is 42.5 Å². The van der Waals surface area contributed by atoms with Crippen LogP contribution in [0.4, 0.5) is 0 Å². The van der Waals surface area contributed by atoms with Crippen molar-refractivity contribution in [2.45, 2.75) is 59.7 Å². The maximum absolute atomic E-state index is 13.2. The zero-order valence-electron chi connectivity index (χ0n) is 19.7. The Morgan fingerprint density at radius 3 is 2.34 bits per heavy atom. The van der Waals surface area contributed by atoms with Gasteiger partial charge < -0.3 is 19.7 Å². The summed E-state index contributed by atoms with van der Waals surface area (Å²) in [6, 6.07) is 10.4. The molecule has 1 N–H and O–H groups in total. The van der Waals surface area contributed by atoms with Crippen LogP contribution in [0.25, 0.3) is 0 Å². The highest BCUT2D eigenvalue weighted by molar-refractivity contribution is 6.32. The summed E-state index contributed by atoms with van der Waals surface area (Å²) in [6.45, 7) is 9.51. The van der Waals surface area contributed by atoms with Gasteiger partial charge in [-0.25, -0.2) is 0 Å². The fraction of sp³-hybridized carbons (Fsp3) is 0.440. The molecule has 0 heterocycles. The summed E-state index contributed by atoms with van der Waals surface area (Å²) >= 11 is 6.22. The monoisotopic (exact) mass is 460 g/mol. The predicted octanol–water partition coefficient (Wildman–Crippen LogP) is 4.68. The zero-order chi connectivity index (χ0) is 23.8. The van der Waals surface area contributed by atoms with Crippen molar-refractivity contribution in [3.63, 3.8) is 0 Å². The second-order valence-corrected chi connectivity index (χ2v) is 8.40. The average Bonchev–Trinajstić information content (AvgIpc) is 2.78. The number of aryl methyl sites for hydroxylation is 2. The van der Waals surface area contributed by atoms with Crippen molar-refractivity contribution in [2.24, 2.45) is 0 Å². The number of methoxy groups -OCH3 is 1. The van der Waals surface area contributed by atoms with Crippen LogP contribution in [0.1, 0.15) is 43.9 Å². The smallest absolute Gasteiger partial charge is 0.261 e. The van der Waals surface area contributed by atoms with Gasteiger partial charge in [0.15, 0.2) is 6.61 Å². The van der Waals surface area contributed by atoms with Gasteiger partial charge in [0.1, 0.15) is 17.5 Å². The number of halogens is 1. The van der Waals surface area contributed by atoms with Crippen molar-refractivity contribution in [1.29, 1.82) is 0 Å². The number of ether oxygens (including phenoxy) is 2. The molecule has 32 heavy (non-hydrogen) atoms. The van der Waals surface area contributed by atoms with Crippen LogP contribution in [0.15, 0.2) is 36.4 Å². The SMILES string of the molecule is CC[C@H](C)NC(=O)[C@H](C)N(Cc1cccc(OC)c1)C(=O)COc1cc(C)c(Cl)c(C)c1. The van der Waals surface area contributed by atoms with Crippen molar-refractivity contribution >= 4 is 23.4 Å². The molecule has 0 aromatic heterocycles. The first kappa shape index (κ1) is 25.5. The van der Waals surface area contributed by atoms with E-state index in [2.05, 4.69) is 5.32 Å². The van der Waals surface area contributed by atoms with E-state index in [-0.39, 0.29) is 31.0 Å². The number of benzene rings is 2. The van der Waals surface area contributed by atoms with Gasteiger partial charge in [-0.3, -0.25) is 9.59 Å². The first-order valence-corrected chi connectivity index (χ1v) is 11.2. The molecule has 2 amide bonds. The fourth-order valence-corrected chi connectivity index (χ4v) is 3.34. The first-order chi connectivity index (χ1) is 15.2. The van der Waals surface area contributed by atoms with Crippen LogP contribution in [0.2, 0.25) is 5.02 Å². The lowest BCUT2D eigenvalue weighted by atomic mass is 10.1. The van der Waals surface area contributed by atoms with Gasteiger partial charge in [0, 0.05) is 17.6 Å². The molecule has 2 aromatic carbocycles. The Bertz CT molecular complexity index is 924. The highest BCUT2D eigenvalue weighted by atomic mass is 35.5. The number of carbonyl (C=O) groups excluding carboxylic acids is 2. The van der Waals surface area contributed by atoms with Crippen LogP contribution >= 0.6 is 11.6 Å². The Kier molecular flexibility index (Phi) is 9.39. The van der Waals surface area contributed by atoms with E-state index in [0.717, 1.165) is 23.1 Å². The van der Waals surface area contributed by atoms with Crippen molar-refractivity contribution in [2.75, 3.05) is 13.7 Å². The number of hydrogen-bond donors (Lipinski definition) is 1. The zero-order valence-corrected chi connectivity index (χ0v) is 20.5. The van der Waals surface area contributed by atoms with E-state index in [0.29, 0.717) is 16.5 Å². The molecule has 0 unspecified atom stereocenters. The van der Waals surface area contributed by atoms with Gasteiger partial charge in [-0.1, -0.05) is 30.7 Å². The van der Waals surface area contributed by atoms with Crippen LogP contribution in [0.3, 0.4) is 0 Å². The fourth-order valence-electron chi connectivity index (χ4n) is 3.23. The normalized spacial score (nSPS) is 12.6. The van der Waals surface area contributed by atoms with Gasteiger partial charge in [-0.05, 0) is 75.1 Å². The minimum absolute atomic E-state index is 0.0231. The van der Waals surface area contributed by atoms with E-state index in [1.54, 1.807) is 26.2 Å². The van der Waals surface area contributed by atoms with Crippen molar-refractivity contribution in [1.82, 2.24) is 10.2 Å². The lowest BCUT2D eigenvalue weighted by Crippen LogP contribution is -2.50. The van der Waals surface area contributed by atoms with Crippen molar-refractivity contribution in [3.05, 3.63) is 58.1 Å². The standard InChI is InChI=1S/C25H33ClN2O4/c1-7-18(4)27-25(30)19(5)28(14-20-9-8-10-21(13-20)31-6)23(29)15-32-22-11-16(2)24(26)17(3)12-22/h8-13,18-19H,7,14-15H2,1-6H3,(H,27,30)/t18-,19-/m0/s1. The van der Waals surface area contributed by atoms with Gasteiger partial charge in [-0.15, -0.1) is 0 Å². The number of carbonyl (C=O) groups is 2. The van der Waals surface area contributed by atoms with Gasteiger partial charge >= 0.3 is 0 Å². The summed E-state index contributed by atoms with van der Waals surface area (Å²) in [6.07, 6.45) is 0.806. The first-order valence-electron chi connectivity index (χ1n) is 10.8. The van der Waals surface area contributed by atoms with Gasteiger partial charge in [0.2, 0.25) is 5.91 Å². The summed E-state index contributed by atoms with van der Waals surface area (Å²) in [4.78, 5) is 27.5. The Morgan fingerprint density at radius 1 is 1.09 bits per heavy atom. The van der Waals surface area contributed by atoms with Crippen LogP contribution in [0.5, 0.6) is 11.5 Å². The quantitative estimate of drug-likeness (QED) is 0.559. The molecular weight excluding hydrogens is 428 g/mol. The molecular formula is C25H33ClN2O4. The molecule has 0 radical (unpaired) electrons. The molecule has 0 aliphatic carbocycles. The van der Waals surface area contributed by atoms with Crippen LogP contribution < -0.4 is 14.8 Å². The number of hydrogen-bond acceptors (Lipinski definition) is 4. The average molecular weight is 461 g/mol. The number of amides is 2. The molecule has 2 aromatic rings.